The Morgan fingerprint density at radius 2 is 2.19 bits per heavy atom. The minimum absolute atomic E-state index is 0.148. The fraction of sp³-hybridized carbons (Fsp3) is 0.333. The molecule has 0 saturated heterocycles. The Morgan fingerprint density at radius 1 is 1.48 bits per heavy atom. The van der Waals surface area contributed by atoms with Gasteiger partial charge in [0.15, 0.2) is 5.69 Å². The number of nitrogens with zero attached hydrogens (tertiary/aromatic N) is 2. The highest BCUT2D eigenvalue weighted by Crippen LogP contribution is 2.31. The number of H-pyrrole nitrogens is 1. The molecule has 0 aromatic carbocycles. The average Bonchev–Trinajstić information content (AvgIpc) is 2.95. The highest BCUT2D eigenvalue weighted by molar-refractivity contribution is 9.10. The van der Waals surface area contributed by atoms with E-state index in [1.54, 1.807) is 19.1 Å². The number of aromatic nitrogens is 3. The molecular formula is C12H11BrF3N3O2. The van der Waals surface area contributed by atoms with Crippen molar-refractivity contribution in [1.82, 2.24) is 14.8 Å². The minimum Gasteiger partial charge on any atom is -0.465 e. The molecule has 0 saturated carbocycles. The van der Waals surface area contributed by atoms with Gasteiger partial charge in [0.25, 0.3) is 0 Å². The maximum atomic E-state index is 12.8. The maximum Gasteiger partial charge on any atom is 0.435 e. The molecule has 2 aromatic heterocycles. The largest absolute Gasteiger partial charge is 0.465 e. The van der Waals surface area contributed by atoms with Gasteiger partial charge in [0.05, 0.1) is 22.6 Å². The van der Waals surface area contributed by atoms with Gasteiger partial charge < -0.3 is 9.72 Å². The number of rotatable bonds is 4. The van der Waals surface area contributed by atoms with Crippen molar-refractivity contribution in [1.29, 1.82) is 0 Å². The number of carbonyl (C=O) groups is 1. The van der Waals surface area contributed by atoms with E-state index in [0.29, 0.717) is 10.3 Å². The lowest BCUT2D eigenvalue weighted by Gasteiger charge is -2.06. The maximum absolute atomic E-state index is 12.8. The first-order chi connectivity index (χ1) is 9.81. The van der Waals surface area contributed by atoms with E-state index in [1.807, 2.05) is 0 Å². The van der Waals surface area contributed by atoms with E-state index >= 15 is 0 Å². The van der Waals surface area contributed by atoms with Gasteiger partial charge in [-0.1, -0.05) is 0 Å². The number of carbonyl (C=O) groups excluding carboxylic acids is 1. The third-order valence-electron chi connectivity index (χ3n) is 2.58. The lowest BCUT2D eigenvalue weighted by molar-refractivity contribution is -0.146. The summed E-state index contributed by atoms with van der Waals surface area (Å²) in [5, 5.41) is 3.44. The molecule has 0 radical (unpaired) electrons. The van der Waals surface area contributed by atoms with Crippen molar-refractivity contribution in [2.24, 2.45) is 0 Å². The number of halogens is 4. The third kappa shape index (κ3) is 3.66. The quantitative estimate of drug-likeness (QED) is 0.846. The van der Waals surface area contributed by atoms with Crippen molar-refractivity contribution in [3.05, 3.63) is 28.5 Å². The molecule has 0 aliphatic heterocycles. The second-order valence-electron chi connectivity index (χ2n) is 4.10. The highest BCUT2D eigenvalue weighted by Gasteiger charge is 2.35. The zero-order chi connectivity index (χ0) is 15.6. The summed E-state index contributed by atoms with van der Waals surface area (Å²) in [6.07, 6.45) is -4.58. The molecular weight excluding hydrogens is 355 g/mol. The van der Waals surface area contributed by atoms with Crippen molar-refractivity contribution in [3.8, 4) is 11.4 Å². The van der Waals surface area contributed by atoms with E-state index in [9.17, 15) is 18.0 Å². The summed E-state index contributed by atoms with van der Waals surface area (Å²) < 4.78 is 44.6. The molecule has 2 rings (SSSR count). The third-order valence-corrected chi connectivity index (χ3v) is 3.04. The number of esters is 1. The highest BCUT2D eigenvalue weighted by atomic mass is 79.9. The van der Waals surface area contributed by atoms with Crippen molar-refractivity contribution in [3.63, 3.8) is 0 Å². The fourth-order valence-corrected chi connectivity index (χ4v) is 2.09. The van der Waals surface area contributed by atoms with Crippen LogP contribution in [0.15, 0.2) is 22.8 Å². The Hall–Kier alpha value is -1.77. The lowest BCUT2D eigenvalue weighted by atomic mass is 10.3. The van der Waals surface area contributed by atoms with Gasteiger partial charge in [-0.15, -0.1) is 0 Å². The Balaban J connectivity index is 2.41. The van der Waals surface area contributed by atoms with Crippen LogP contribution in [-0.4, -0.2) is 27.3 Å². The van der Waals surface area contributed by atoms with Crippen LogP contribution in [-0.2, 0) is 22.3 Å². The molecule has 9 heteroatoms. The lowest BCUT2D eigenvalue weighted by Crippen LogP contribution is -2.16. The van der Waals surface area contributed by atoms with Gasteiger partial charge in [-0.3, -0.25) is 9.48 Å². The first-order valence-electron chi connectivity index (χ1n) is 5.96. The van der Waals surface area contributed by atoms with Crippen LogP contribution in [0.5, 0.6) is 0 Å². The number of ether oxygens (including phenoxy) is 1. The number of aromatic amines is 1. The van der Waals surface area contributed by atoms with Crippen LogP contribution >= 0.6 is 15.9 Å². The van der Waals surface area contributed by atoms with Crippen molar-refractivity contribution >= 4 is 21.9 Å². The molecule has 0 aliphatic rings. The van der Waals surface area contributed by atoms with Crippen LogP contribution < -0.4 is 0 Å². The zero-order valence-corrected chi connectivity index (χ0v) is 12.5. The average molecular weight is 366 g/mol. The first-order valence-corrected chi connectivity index (χ1v) is 6.76. The van der Waals surface area contributed by atoms with Gasteiger partial charge in [-0.25, -0.2) is 0 Å². The molecule has 0 unspecified atom stereocenters. The SMILES string of the molecule is CCOC(=O)Cn1nc(C(F)(F)F)cc1-c1ccc(Br)[nH]1. The molecule has 0 amide bonds. The molecule has 21 heavy (non-hydrogen) atoms. The van der Waals surface area contributed by atoms with E-state index in [4.69, 9.17) is 4.74 Å². The van der Waals surface area contributed by atoms with E-state index in [0.717, 1.165) is 10.7 Å². The summed E-state index contributed by atoms with van der Waals surface area (Å²) >= 11 is 3.18. The smallest absolute Gasteiger partial charge is 0.435 e. The Bertz CT molecular complexity index is 648. The number of hydrogen-bond donors (Lipinski definition) is 1. The molecule has 1 N–H and O–H groups in total. The van der Waals surface area contributed by atoms with Crippen molar-refractivity contribution in [2.45, 2.75) is 19.6 Å². The predicted octanol–water partition coefficient (Wildman–Crippen LogP) is 3.22. The van der Waals surface area contributed by atoms with Crippen LogP contribution in [0.3, 0.4) is 0 Å². The van der Waals surface area contributed by atoms with E-state index in [1.165, 1.54) is 0 Å². The minimum atomic E-state index is -4.58. The zero-order valence-electron chi connectivity index (χ0n) is 10.9. The molecule has 2 aromatic rings. The molecule has 2 heterocycles. The topological polar surface area (TPSA) is 59.9 Å². The Morgan fingerprint density at radius 3 is 2.71 bits per heavy atom. The van der Waals surface area contributed by atoms with Gasteiger partial charge >= 0.3 is 12.1 Å². The van der Waals surface area contributed by atoms with Gasteiger partial charge in [0.2, 0.25) is 0 Å². The van der Waals surface area contributed by atoms with Crippen LogP contribution in [0, 0.1) is 0 Å². The second kappa shape index (κ2) is 5.92. The Labute approximate surface area is 126 Å². The summed E-state index contributed by atoms with van der Waals surface area (Å²) in [6, 6.07) is 4.12. The number of nitrogens with one attached hydrogen (secondary N) is 1. The summed E-state index contributed by atoms with van der Waals surface area (Å²) in [4.78, 5) is 14.3. The normalized spacial score (nSPS) is 11.7. The van der Waals surface area contributed by atoms with E-state index in [-0.39, 0.29) is 12.3 Å². The van der Waals surface area contributed by atoms with E-state index < -0.39 is 24.4 Å². The fourth-order valence-electron chi connectivity index (χ4n) is 1.74. The molecule has 0 fully saturated rings. The molecule has 0 aliphatic carbocycles. The predicted molar refractivity (Wildman–Crippen MR) is 71.3 cm³/mol. The van der Waals surface area contributed by atoms with Crippen LogP contribution in [0.4, 0.5) is 13.2 Å². The summed E-state index contributed by atoms with van der Waals surface area (Å²) in [5.41, 5.74) is -0.497. The van der Waals surface area contributed by atoms with Gasteiger partial charge in [-0.05, 0) is 41.1 Å². The molecule has 0 bridgehead atoms. The van der Waals surface area contributed by atoms with E-state index in [2.05, 4.69) is 26.0 Å². The molecule has 5 nitrogen and oxygen atoms in total. The van der Waals surface area contributed by atoms with Gasteiger partial charge in [-0.2, -0.15) is 18.3 Å². The molecule has 0 spiro atoms. The molecule has 114 valence electrons. The molecule has 0 atom stereocenters. The number of hydrogen-bond acceptors (Lipinski definition) is 3. The summed E-state index contributed by atoms with van der Waals surface area (Å²) in [6.45, 7) is 1.37. The second-order valence-corrected chi connectivity index (χ2v) is 4.95. The van der Waals surface area contributed by atoms with Crippen LogP contribution in [0.25, 0.3) is 11.4 Å². The monoisotopic (exact) mass is 365 g/mol. The van der Waals surface area contributed by atoms with Crippen molar-refractivity contribution < 1.29 is 22.7 Å². The van der Waals surface area contributed by atoms with Crippen molar-refractivity contribution in [2.75, 3.05) is 6.61 Å². The summed E-state index contributed by atoms with van der Waals surface area (Å²) in [7, 11) is 0. The van der Waals surface area contributed by atoms with Crippen LogP contribution in [0.1, 0.15) is 12.6 Å². The first kappa shape index (κ1) is 15.6. The van der Waals surface area contributed by atoms with Crippen LogP contribution in [0.2, 0.25) is 0 Å². The standard InChI is InChI=1S/C12H11BrF3N3O2/c1-2-21-11(20)6-19-8(7-3-4-10(13)17-7)5-9(18-19)12(14,15)16/h3-5,17H,2,6H2,1H3. The van der Waals surface area contributed by atoms with Gasteiger partial charge in [0.1, 0.15) is 6.54 Å². The number of alkyl halides is 3. The Kier molecular flexibility index (Phi) is 4.40. The summed E-state index contributed by atoms with van der Waals surface area (Å²) in [5.74, 6) is -0.652. The van der Waals surface area contributed by atoms with Gasteiger partial charge in [0, 0.05) is 0 Å².